The summed E-state index contributed by atoms with van der Waals surface area (Å²) >= 11 is 0. The van der Waals surface area contributed by atoms with Gasteiger partial charge in [0.25, 0.3) is 0 Å². The highest BCUT2D eigenvalue weighted by Crippen LogP contribution is 2.21. The van der Waals surface area contributed by atoms with E-state index in [1.807, 2.05) is 44.2 Å². The van der Waals surface area contributed by atoms with E-state index in [0.717, 1.165) is 22.8 Å². The molecule has 0 fully saturated rings. The van der Waals surface area contributed by atoms with Crippen molar-refractivity contribution in [1.29, 1.82) is 0 Å². The standard InChI is InChI=1S/C13H13N5/c1-8-14-11-12(15-8)16-9(2)17-13(11)18-10-6-4-3-5-7-10/h3-7H,1-2H3,(H2,14,15,16,17,18). The molecule has 0 saturated carbocycles. The molecule has 3 aromatic rings. The molecule has 0 atom stereocenters. The fraction of sp³-hybridized carbons (Fsp3) is 0.154. The van der Waals surface area contributed by atoms with Crippen molar-refractivity contribution in [2.24, 2.45) is 0 Å². The monoisotopic (exact) mass is 239 g/mol. The summed E-state index contributed by atoms with van der Waals surface area (Å²) in [5.74, 6) is 2.29. The third-order valence-corrected chi connectivity index (χ3v) is 2.62. The molecule has 2 heterocycles. The minimum absolute atomic E-state index is 0.693. The van der Waals surface area contributed by atoms with E-state index < -0.39 is 0 Å². The van der Waals surface area contributed by atoms with Crippen molar-refractivity contribution in [1.82, 2.24) is 19.9 Å². The van der Waals surface area contributed by atoms with Gasteiger partial charge >= 0.3 is 0 Å². The summed E-state index contributed by atoms with van der Waals surface area (Å²) in [6, 6.07) is 9.92. The van der Waals surface area contributed by atoms with E-state index in [1.54, 1.807) is 0 Å². The molecule has 1 aromatic carbocycles. The van der Waals surface area contributed by atoms with Gasteiger partial charge in [-0.05, 0) is 26.0 Å². The summed E-state index contributed by atoms with van der Waals surface area (Å²) in [5.41, 5.74) is 2.52. The number of aromatic nitrogens is 4. The fourth-order valence-electron chi connectivity index (χ4n) is 1.87. The van der Waals surface area contributed by atoms with E-state index in [4.69, 9.17) is 0 Å². The lowest BCUT2D eigenvalue weighted by Gasteiger charge is -2.06. The topological polar surface area (TPSA) is 66.5 Å². The zero-order valence-corrected chi connectivity index (χ0v) is 10.2. The maximum atomic E-state index is 4.42. The van der Waals surface area contributed by atoms with Crippen LogP contribution in [0.5, 0.6) is 0 Å². The number of aryl methyl sites for hydroxylation is 2. The maximum absolute atomic E-state index is 4.42. The summed E-state index contributed by atoms with van der Waals surface area (Å²) < 4.78 is 0. The van der Waals surface area contributed by atoms with Crippen LogP contribution in [0, 0.1) is 13.8 Å². The van der Waals surface area contributed by atoms with Crippen molar-refractivity contribution in [3.63, 3.8) is 0 Å². The summed E-state index contributed by atoms with van der Waals surface area (Å²) in [5, 5.41) is 3.28. The molecule has 0 radical (unpaired) electrons. The Morgan fingerprint density at radius 2 is 1.78 bits per heavy atom. The van der Waals surface area contributed by atoms with Gasteiger partial charge in [-0.3, -0.25) is 0 Å². The van der Waals surface area contributed by atoms with Crippen LogP contribution in [0.3, 0.4) is 0 Å². The molecule has 0 unspecified atom stereocenters. The third kappa shape index (κ3) is 1.90. The van der Waals surface area contributed by atoms with Crippen LogP contribution in [0.15, 0.2) is 30.3 Å². The highest BCUT2D eigenvalue weighted by atomic mass is 15.1. The van der Waals surface area contributed by atoms with E-state index >= 15 is 0 Å². The molecule has 0 bridgehead atoms. The first-order valence-electron chi connectivity index (χ1n) is 5.75. The molecule has 0 aliphatic rings. The van der Waals surface area contributed by atoms with E-state index in [2.05, 4.69) is 25.3 Å². The average Bonchev–Trinajstić information content (AvgIpc) is 2.71. The maximum Gasteiger partial charge on any atom is 0.183 e. The van der Waals surface area contributed by atoms with Crippen molar-refractivity contribution in [2.75, 3.05) is 5.32 Å². The number of hydrogen-bond donors (Lipinski definition) is 2. The van der Waals surface area contributed by atoms with Crippen molar-refractivity contribution >= 4 is 22.7 Å². The molecule has 0 saturated heterocycles. The van der Waals surface area contributed by atoms with Crippen LogP contribution in [-0.2, 0) is 0 Å². The fourth-order valence-corrected chi connectivity index (χ4v) is 1.87. The van der Waals surface area contributed by atoms with E-state index in [0.29, 0.717) is 11.5 Å². The number of aromatic amines is 1. The normalized spacial score (nSPS) is 10.8. The largest absolute Gasteiger partial charge is 0.338 e. The number of benzene rings is 1. The first-order chi connectivity index (χ1) is 8.72. The summed E-state index contributed by atoms with van der Waals surface area (Å²) in [7, 11) is 0. The number of imidazole rings is 1. The third-order valence-electron chi connectivity index (χ3n) is 2.62. The molecule has 2 aromatic heterocycles. The summed E-state index contributed by atoms with van der Waals surface area (Å²) in [6.07, 6.45) is 0. The van der Waals surface area contributed by atoms with Gasteiger partial charge < -0.3 is 10.3 Å². The van der Waals surface area contributed by atoms with Gasteiger partial charge in [0.1, 0.15) is 17.2 Å². The van der Waals surface area contributed by atoms with Crippen LogP contribution in [-0.4, -0.2) is 19.9 Å². The lowest BCUT2D eigenvalue weighted by atomic mass is 10.3. The van der Waals surface area contributed by atoms with Crippen molar-refractivity contribution < 1.29 is 0 Å². The molecule has 18 heavy (non-hydrogen) atoms. The Morgan fingerprint density at radius 1 is 1.00 bits per heavy atom. The zero-order chi connectivity index (χ0) is 12.5. The van der Waals surface area contributed by atoms with Gasteiger partial charge in [-0.25, -0.2) is 15.0 Å². The van der Waals surface area contributed by atoms with Gasteiger partial charge in [0.2, 0.25) is 0 Å². The number of anilines is 2. The van der Waals surface area contributed by atoms with Crippen molar-refractivity contribution in [2.45, 2.75) is 13.8 Å². The summed E-state index contributed by atoms with van der Waals surface area (Å²) in [6.45, 7) is 3.77. The predicted octanol–water partition coefficient (Wildman–Crippen LogP) is 2.71. The molecular weight excluding hydrogens is 226 g/mol. The first-order valence-corrected chi connectivity index (χ1v) is 5.75. The van der Waals surface area contributed by atoms with Gasteiger partial charge in [-0.15, -0.1) is 0 Å². The van der Waals surface area contributed by atoms with Crippen LogP contribution in [0.2, 0.25) is 0 Å². The molecule has 2 N–H and O–H groups in total. The molecule has 0 spiro atoms. The van der Waals surface area contributed by atoms with Crippen LogP contribution >= 0.6 is 0 Å². The molecular formula is C13H13N5. The molecule has 0 aliphatic carbocycles. The van der Waals surface area contributed by atoms with Crippen molar-refractivity contribution in [3.8, 4) is 0 Å². The molecule has 3 rings (SSSR count). The van der Waals surface area contributed by atoms with Crippen LogP contribution in [0.25, 0.3) is 11.2 Å². The van der Waals surface area contributed by atoms with E-state index in [-0.39, 0.29) is 0 Å². The number of hydrogen-bond acceptors (Lipinski definition) is 4. The Morgan fingerprint density at radius 3 is 2.56 bits per heavy atom. The van der Waals surface area contributed by atoms with Gasteiger partial charge in [0, 0.05) is 5.69 Å². The Labute approximate surface area is 104 Å². The molecule has 0 aliphatic heterocycles. The second-order valence-corrected chi connectivity index (χ2v) is 4.13. The number of fused-ring (bicyclic) bond motifs is 1. The number of para-hydroxylation sites is 1. The molecule has 5 heteroatoms. The smallest absolute Gasteiger partial charge is 0.183 e. The molecule has 0 amide bonds. The Hall–Kier alpha value is -2.43. The second kappa shape index (κ2) is 4.10. The molecule has 90 valence electrons. The van der Waals surface area contributed by atoms with Crippen molar-refractivity contribution in [3.05, 3.63) is 42.0 Å². The molecule has 5 nitrogen and oxygen atoms in total. The van der Waals surface area contributed by atoms with E-state index in [9.17, 15) is 0 Å². The van der Waals surface area contributed by atoms with E-state index in [1.165, 1.54) is 0 Å². The highest BCUT2D eigenvalue weighted by Gasteiger charge is 2.09. The van der Waals surface area contributed by atoms with Gasteiger partial charge in [0.05, 0.1) is 0 Å². The van der Waals surface area contributed by atoms with Gasteiger partial charge in [0.15, 0.2) is 11.5 Å². The number of rotatable bonds is 2. The average molecular weight is 239 g/mol. The Kier molecular flexibility index (Phi) is 2.44. The number of H-pyrrole nitrogens is 1. The van der Waals surface area contributed by atoms with Gasteiger partial charge in [-0.2, -0.15) is 0 Å². The second-order valence-electron chi connectivity index (χ2n) is 4.13. The SMILES string of the molecule is Cc1nc(Nc2ccccc2)c2[nH]c(C)nc2n1. The lowest BCUT2D eigenvalue weighted by Crippen LogP contribution is -1.98. The zero-order valence-electron chi connectivity index (χ0n) is 10.2. The van der Waals surface area contributed by atoms with Gasteiger partial charge in [-0.1, -0.05) is 18.2 Å². The Balaban J connectivity index is 2.10. The van der Waals surface area contributed by atoms with Crippen LogP contribution in [0.4, 0.5) is 11.5 Å². The lowest BCUT2D eigenvalue weighted by molar-refractivity contribution is 1.08. The Bertz CT molecular complexity index is 687. The highest BCUT2D eigenvalue weighted by molar-refractivity contribution is 5.85. The number of nitrogens with one attached hydrogen (secondary N) is 2. The van der Waals surface area contributed by atoms with Crippen LogP contribution in [0.1, 0.15) is 11.6 Å². The summed E-state index contributed by atoms with van der Waals surface area (Å²) in [4.78, 5) is 16.2. The predicted molar refractivity (Wildman–Crippen MR) is 70.9 cm³/mol. The minimum atomic E-state index is 0.693. The number of nitrogens with zero attached hydrogens (tertiary/aromatic N) is 3. The van der Waals surface area contributed by atoms with Crippen LogP contribution < -0.4 is 5.32 Å². The minimum Gasteiger partial charge on any atom is -0.338 e. The quantitative estimate of drug-likeness (QED) is 0.721. The first kappa shape index (κ1) is 10.7.